The van der Waals surface area contributed by atoms with Crippen molar-refractivity contribution in [3.05, 3.63) is 23.8 Å². The van der Waals surface area contributed by atoms with E-state index in [2.05, 4.69) is 4.72 Å². The fraction of sp³-hybridized carbons (Fsp3) is 0.500. The van der Waals surface area contributed by atoms with Crippen molar-refractivity contribution in [1.82, 2.24) is 9.03 Å². The zero-order chi connectivity index (χ0) is 14.5. The normalized spacial score (nSPS) is 11.8. The highest BCUT2D eigenvalue weighted by Gasteiger charge is 2.18. The lowest BCUT2D eigenvalue weighted by molar-refractivity contribution is 0.407. The van der Waals surface area contributed by atoms with Crippen LogP contribution in [0.15, 0.2) is 18.2 Å². The molecule has 7 heteroatoms. The summed E-state index contributed by atoms with van der Waals surface area (Å²) in [6.45, 7) is 4.60. The van der Waals surface area contributed by atoms with E-state index in [-0.39, 0.29) is 6.54 Å². The van der Waals surface area contributed by atoms with E-state index in [0.717, 1.165) is 0 Å². The topological polar surface area (TPSA) is 84.7 Å². The molecule has 3 N–H and O–H groups in total. The van der Waals surface area contributed by atoms with Gasteiger partial charge in [0.1, 0.15) is 5.75 Å². The second kappa shape index (κ2) is 6.74. The van der Waals surface area contributed by atoms with Gasteiger partial charge in [-0.05, 0) is 18.2 Å². The molecule has 0 saturated heterocycles. The van der Waals surface area contributed by atoms with Crippen molar-refractivity contribution in [2.75, 3.05) is 25.9 Å². The number of hydrogen-bond donors (Lipinski definition) is 2. The Morgan fingerprint density at radius 2 is 1.95 bits per heavy atom. The third-order valence-corrected chi connectivity index (χ3v) is 4.50. The Kier molecular flexibility index (Phi) is 5.59. The van der Waals surface area contributed by atoms with Gasteiger partial charge in [0.15, 0.2) is 0 Å². The molecule has 6 nitrogen and oxygen atoms in total. The molecule has 0 aromatic heterocycles. The second-order valence-corrected chi connectivity index (χ2v) is 5.74. The molecule has 1 rings (SSSR count). The Morgan fingerprint density at radius 3 is 2.47 bits per heavy atom. The first-order valence-corrected chi connectivity index (χ1v) is 7.55. The van der Waals surface area contributed by atoms with Gasteiger partial charge in [-0.1, -0.05) is 13.8 Å². The van der Waals surface area contributed by atoms with Gasteiger partial charge in [0.05, 0.1) is 7.11 Å². The van der Waals surface area contributed by atoms with Crippen LogP contribution < -0.4 is 15.2 Å². The minimum atomic E-state index is -3.47. The van der Waals surface area contributed by atoms with Crippen LogP contribution in [0.5, 0.6) is 5.75 Å². The highest BCUT2D eigenvalue weighted by molar-refractivity contribution is 7.87. The van der Waals surface area contributed by atoms with Crippen LogP contribution in [0.25, 0.3) is 0 Å². The first kappa shape index (κ1) is 15.7. The summed E-state index contributed by atoms with van der Waals surface area (Å²) in [4.78, 5) is 0. The average Bonchev–Trinajstić information content (AvgIpc) is 2.38. The van der Waals surface area contributed by atoms with Gasteiger partial charge in [-0.15, -0.1) is 0 Å². The lowest BCUT2D eigenvalue weighted by atomic mass is 10.2. The third-order valence-electron chi connectivity index (χ3n) is 2.79. The minimum Gasteiger partial charge on any atom is -0.496 e. The standard InChI is InChI=1S/C12H21N3O3S/c1-4-15(5-2)19(16,17)14-9-10-8-11(13)6-7-12(10)18-3/h6-8,14H,4-5,9,13H2,1-3H3. The van der Waals surface area contributed by atoms with Crippen LogP contribution in [0.4, 0.5) is 5.69 Å². The van der Waals surface area contributed by atoms with Crippen molar-refractivity contribution in [2.45, 2.75) is 20.4 Å². The van der Waals surface area contributed by atoms with Crippen molar-refractivity contribution >= 4 is 15.9 Å². The Morgan fingerprint density at radius 1 is 1.32 bits per heavy atom. The summed E-state index contributed by atoms with van der Waals surface area (Å²) in [5, 5.41) is 0. The predicted octanol–water partition coefficient (Wildman–Crippen LogP) is 0.954. The van der Waals surface area contributed by atoms with E-state index in [4.69, 9.17) is 10.5 Å². The first-order valence-electron chi connectivity index (χ1n) is 6.11. The van der Waals surface area contributed by atoms with Crippen molar-refractivity contribution in [3.8, 4) is 5.75 Å². The van der Waals surface area contributed by atoms with Gasteiger partial charge >= 0.3 is 0 Å². The van der Waals surface area contributed by atoms with E-state index < -0.39 is 10.2 Å². The largest absolute Gasteiger partial charge is 0.496 e. The lowest BCUT2D eigenvalue weighted by Crippen LogP contribution is -2.40. The number of ether oxygens (including phenoxy) is 1. The number of nitrogens with two attached hydrogens (primary N) is 1. The van der Waals surface area contributed by atoms with Gasteiger partial charge in [0.25, 0.3) is 10.2 Å². The molecule has 0 aliphatic carbocycles. The molecule has 0 radical (unpaired) electrons. The molecule has 1 aromatic carbocycles. The van der Waals surface area contributed by atoms with E-state index in [9.17, 15) is 8.42 Å². The number of benzene rings is 1. The highest BCUT2D eigenvalue weighted by atomic mass is 32.2. The summed E-state index contributed by atoms with van der Waals surface area (Å²) >= 11 is 0. The number of nitrogen functional groups attached to an aromatic ring is 1. The molecule has 0 heterocycles. The van der Waals surface area contributed by atoms with Crippen LogP contribution in [0, 0.1) is 0 Å². The summed E-state index contributed by atoms with van der Waals surface area (Å²) in [6.07, 6.45) is 0. The maximum Gasteiger partial charge on any atom is 0.279 e. The quantitative estimate of drug-likeness (QED) is 0.731. The summed E-state index contributed by atoms with van der Waals surface area (Å²) < 4.78 is 33.1. The molecule has 0 atom stereocenters. The molecule has 0 fully saturated rings. The van der Waals surface area contributed by atoms with Crippen LogP contribution >= 0.6 is 0 Å². The van der Waals surface area contributed by atoms with Crippen molar-refractivity contribution < 1.29 is 13.2 Å². The monoisotopic (exact) mass is 287 g/mol. The molecule has 0 amide bonds. The van der Waals surface area contributed by atoms with Gasteiger partial charge in [-0.2, -0.15) is 17.4 Å². The summed E-state index contributed by atoms with van der Waals surface area (Å²) in [5.41, 5.74) is 6.96. The fourth-order valence-corrected chi connectivity index (χ4v) is 2.96. The maximum atomic E-state index is 12.0. The van der Waals surface area contributed by atoms with E-state index in [1.54, 1.807) is 32.0 Å². The Bertz CT molecular complexity index is 513. The minimum absolute atomic E-state index is 0.146. The van der Waals surface area contributed by atoms with Gasteiger partial charge in [-0.25, -0.2) is 0 Å². The molecule has 0 aliphatic heterocycles. The molecule has 1 aromatic rings. The van der Waals surface area contributed by atoms with Crippen molar-refractivity contribution in [1.29, 1.82) is 0 Å². The summed E-state index contributed by atoms with van der Waals surface area (Å²) in [6, 6.07) is 5.13. The van der Waals surface area contributed by atoms with Gasteiger partial charge in [-0.3, -0.25) is 0 Å². The Labute approximate surface area is 114 Å². The predicted molar refractivity (Wildman–Crippen MR) is 76.1 cm³/mol. The van der Waals surface area contributed by atoms with Crippen LogP contribution in [-0.2, 0) is 16.8 Å². The Hall–Kier alpha value is -1.31. The first-order chi connectivity index (χ1) is 8.94. The number of methoxy groups -OCH3 is 1. The van der Waals surface area contributed by atoms with Crippen molar-refractivity contribution in [2.24, 2.45) is 0 Å². The molecule has 19 heavy (non-hydrogen) atoms. The maximum absolute atomic E-state index is 12.0. The molecule has 108 valence electrons. The van der Waals surface area contributed by atoms with E-state index in [1.807, 2.05) is 0 Å². The van der Waals surface area contributed by atoms with Gasteiger partial charge < -0.3 is 10.5 Å². The van der Waals surface area contributed by atoms with Crippen LogP contribution in [-0.4, -0.2) is 32.9 Å². The number of hydrogen-bond acceptors (Lipinski definition) is 4. The third kappa shape index (κ3) is 4.09. The average molecular weight is 287 g/mol. The van der Waals surface area contributed by atoms with Crippen LogP contribution in [0.3, 0.4) is 0 Å². The second-order valence-electron chi connectivity index (χ2n) is 3.98. The zero-order valence-electron chi connectivity index (χ0n) is 11.5. The highest BCUT2D eigenvalue weighted by Crippen LogP contribution is 2.21. The van der Waals surface area contributed by atoms with E-state index in [1.165, 1.54) is 11.4 Å². The Balaban J connectivity index is 2.84. The number of rotatable bonds is 7. The molecule has 0 saturated carbocycles. The van der Waals surface area contributed by atoms with E-state index in [0.29, 0.717) is 30.1 Å². The number of nitrogens with zero attached hydrogens (tertiary/aromatic N) is 1. The van der Waals surface area contributed by atoms with Gasteiger partial charge in [0.2, 0.25) is 0 Å². The zero-order valence-corrected chi connectivity index (χ0v) is 12.3. The smallest absolute Gasteiger partial charge is 0.279 e. The van der Waals surface area contributed by atoms with E-state index >= 15 is 0 Å². The van der Waals surface area contributed by atoms with Gasteiger partial charge in [0, 0.05) is 30.9 Å². The molecule has 0 spiro atoms. The number of anilines is 1. The summed E-state index contributed by atoms with van der Waals surface area (Å²) in [7, 11) is -1.94. The molecular weight excluding hydrogens is 266 g/mol. The SMILES string of the molecule is CCN(CC)S(=O)(=O)NCc1cc(N)ccc1OC. The van der Waals surface area contributed by atoms with Crippen molar-refractivity contribution in [3.63, 3.8) is 0 Å². The molecule has 0 aliphatic rings. The fourth-order valence-electron chi connectivity index (χ4n) is 1.76. The molecular formula is C12H21N3O3S. The molecule has 0 unspecified atom stereocenters. The van der Waals surface area contributed by atoms with Crippen LogP contribution in [0.2, 0.25) is 0 Å². The summed E-state index contributed by atoms with van der Waals surface area (Å²) in [5.74, 6) is 0.608. The van der Waals surface area contributed by atoms with Crippen LogP contribution in [0.1, 0.15) is 19.4 Å². The molecule has 0 bridgehead atoms. The number of nitrogens with one attached hydrogen (secondary N) is 1. The lowest BCUT2D eigenvalue weighted by Gasteiger charge is -2.19.